The molecule has 18 heavy (non-hydrogen) atoms. The van der Waals surface area contributed by atoms with Gasteiger partial charge in [-0.25, -0.2) is 0 Å². The molecule has 0 fully saturated rings. The monoisotopic (exact) mass is 243 g/mol. The van der Waals surface area contributed by atoms with Crippen LogP contribution < -0.4 is 0 Å². The number of pyridine rings is 1. The third-order valence-corrected chi connectivity index (χ3v) is 2.92. The highest BCUT2D eigenvalue weighted by Crippen LogP contribution is 2.21. The fraction of sp³-hybridized carbons (Fsp3) is 0.267. The Bertz CT molecular complexity index is 491. The number of aromatic nitrogens is 1. The van der Waals surface area contributed by atoms with E-state index < -0.39 is 0 Å². The lowest BCUT2D eigenvalue weighted by Gasteiger charge is -2.09. The quantitative estimate of drug-likeness (QED) is 0.897. The number of phenolic OH excluding ortho intramolecular Hbond substituents is 1. The first-order valence-electron chi connectivity index (χ1n) is 5.96. The zero-order valence-electron chi connectivity index (χ0n) is 10.6. The van der Waals surface area contributed by atoms with E-state index in [1.807, 2.05) is 37.4 Å². The Labute approximate surface area is 107 Å². The lowest BCUT2D eigenvalue weighted by Crippen LogP contribution is -2.09. The third-order valence-electron chi connectivity index (χ3n) is 2.92. The number of benzene rings is 1. The van der Waals surface area contributed by atoms with E-state index in [1.54, 1.807) is 19.2 Å². The Morgan fingerprint density at radius 3 is 2.33 bits per heavy atom. The van der Waals surface area contributed by atoms with Crippen LogP contribution in [-0.2, 0) is 11.2 Å². The van der Waals surface area contributed by atoms with E-state index in [0.717, 1.165) is 23.2 Å². The Morgan fingerprint density at radius 1 is 1.11 bits per heavy atom. The van der Waals surface area contributed by atoms with Crippen LogP contribution in [0.25, 0.3) is 11.1 Å². The highest BCUT2D eigenvalue weighted by atomic mass is 16.5. The van der Waals surface area contributed by atoms with Gasteiger partial charge in [0.05, 0.1) is 6.10 Å². The molecule has 1 unspecified atom stereocenters. The lowest BCUT2D eigenvalue weighted by atomic mass is 10.1. The first-order valence-corrected chi connectivity index (χ1v) is 5.96. The van der Waals surface area contributed by atoms with Crippen molar-refractivity contribution in [3.05, 3.63) is 48.3 Å². The minimum Gasteiger partial charge on any atom is -0.508 e. The van der Waals surface area contributed by atoms with Crippen molar-refractivity contribution in [2.24, 2.45) is 0 Å². The number of rotatable bonds is 4. The fourth-order valence-corrected chi connectivity index (χ4v) is 1.75. The minimum atomic E-state index is 0.178. The van der Waals surface area contributed by atoms with Crippen LogP contribution in [0.2, 0.25) is 0 Å². The normalized spacial score (nSPS) is 12.3. The minimum absolute atomic E-state index is 0.178. The smallest absolute Gasteiger partial charge is 0.115 e. The average Bonchev–Trinajstić information content (AvgIpc) is 2.40. The molecule has 3 heteroatoms. The summed E-state index contributed by atoms with van der Waals surface area (Å²) in [4.78, 5) is 4.42. The summed E-state index contributed by atoms with van der Waals surface area (Å²) in [6, 6.07) is 11.2. The van der Waals surface area contributed by atoms with Crippen LogP contribution >= 0.6 is 0 Å². The number of phenols is 1. The molecule has 3 nitrogen and oxygen atoms in total. The van der Waals surface area contributed by atoms with E-state index in [-0.39, 0.29) is 11.9 Å². The lowest BCUT2D eigenvalue weighted by molar-refractivity contribution is 0.118. The summed E-state index contributed by atoms with van der Waals surface area (Å²) in [5, 5.41) is 9.24. The highest BCUT2D eigenvalue weighted by molar-refractivity contribution is 5.63. The molecular weight excluding hydrogens is 226 g/mol. The predicted octanol–water partition coefficient (Wildman–Crippen LogP) is 3.03. The summed E-state index contributed by atoms with van der Waals surface area (Å²) in [6.07, 6.45) is 2.84. The second-order valence-corrected chi connectivity index (χ2v) is 4.34. The SMILES string of the molecule is COC(C)Cc1ccc(-c2ccc(O)cc2)cn1. The molecule has 1 aromatic heterocycles. The summed E-state index contributed by atoms with van der Waals surface area (Å²) in [6.45, 7) is 2.02. The molecule has 0 bridgehead atoms. The molecule has 0 spiro atoms. The molecule has 0 amide bonds. The van der Waals surface area contributed by atoms with Gasteiger partial charge >= 0.3 is 0 Å². The molecule has 2 aromatic rings. The molecule has 0 radical (unpaired) electrons. The number of methoxy groups -OCH3 is 1. The van der Waals surface area contributed by atoms with E-state index in [4.69, 9.17) is 4.74 Å². The van der Waals surface area contributed by atoms with Crippen LogP contribution in [0.4, 0.5) is 0 Å². The summed E-state index contributed by atoms with van der Waals surface area (Å²) < 4.78 is 5.21. The van der Waals surface area contributed by atoms with Crippen molar-refractivity contribution in [2.75, 3.05) is 7.11 Å². The summed E-state index contributed by atoms with van der Waals surface area (Å²) >= 11 is 0. The Kier molecular flexibility index (Phi) is 3.95. The molecule has 1 heterocycles. The van der Waals surface area contributed by atoms with Crippen molar-refractivity contribution >= 4 is 0 Å². The van der Waals surface area contributed by atoms with Gasteiger partial charge in [-0.3, -0.25) is 4.98 Å². The van der Waals surface area contributed by atoms with Crippen molar-refractivity contribution in [1.82, 2.24) is 4.98 Å². The molecule has 1 aromatic carbocycles. The zero-order valence-corrected chi connectivity index (χ0v) is 10.6. The van der Waals surface area contributed by atoms with Gasteiger partial charge in [0.1, 0.15) is 5.75 Å². The standard InChI is InChI=1S/C15H17NO2/c1-11(18-2)9-14-6-3-13(10-16-14)12-4-7-15(17)8-5-12/h3-8,10-11,17H,9H2,1-2H3. The number of hydrogen-bond acceptors (Lipinski definition) is 3. The van der Waals surface area contributed by atoms with E-state index in [0.29, 0.717) is 0 Å². The van der Waals surface area contributed by atoms with Crippen LogP contribution in [-0.4, -0.2) is 23.3 Å². The number of hydrogen-bond donors (Lipinski definition) is 1. The molecule has 0 aliphatic carbocycles. The van der Waals surface area contributed by atoms with Crippen molar-refractivity contribution in [1.29, 1.82) is 0 Å². The Morgan fingerprint density at radius 2 is 1.78 bits per heavy atom. The van der Waals surface area contributed by atoms with Gasteiger partial charge in [-0.1, -0.05) is 18.2 Å². The van der Waals surface area contributed by atoms with Crippen molar-refractivity contribution < 1.29 is 9.84 Å². The number of nitrogens with zero attached hydrogens (tertiary/aromatic N) is 1. The van der Waals surface area contributed by atoms with Gasteiger partial charge < -0.3 is 9.84 Å². The van der Waals surface area contributed by atoms with E-state index in [1.165, 1.54) is 0 Å². The highest BCUT2D eigenvalue weighted by Gasteiger charge is 2.04. The first kappa shape index (κ1) is 12.6. The van der Waals surface area contributed by atoms with Gasteiger partial charge in [0.15, 0.2) is 0 Å². The van der Waals surface area contributed by atoms with E-state index in [9.17, 15) is 5.11 Å². The molecule has 0 saturated carbocycles. The van der Waals surface area contributed by atoms with Gasteiger partial charge in [0.2, 0.25) is 0 Å². The van der Waals surface area contributed by atoms with Gasteiger partial charge in [-0.05, 0) is 30.7 Å². The number of ether oxygens (including phenoxy) is 1. The predicted molar refractivity (Wildman–Crippen MR) is 71.5 cm³/mol. The maximum Gasteiger partial charge on any atom is 0.115 e. The Balaban J connectivity index is 2.14. The molecule has 1 atom stereocenters. The molecule has 0 saturated heterocycles. The molecule has 2 rings (SSSR count). The maximum atomic E-state index is 9.24. The molecule has 94 valence electrons. The first-order chi connectivity index (χ1) is 8.69. The topological polar surface area (TPSA) is 42.4 Å². The second kappa shape index (κ2) is 5.65. The van der Waals surface area contributed by atoms with Crippen molar-refractivity contribution in [3.63, 3.8) is 0 Å². The van der Waals surface area contributed by atoms with Crippen LogP contribution in [0.1, 0.15) is 12.6 Å². The summed E-state index contributed by atoms with van der Waals surface area (Å²) in [5.41, 5.74) is 3.11. The van der Waals surface area contributed by atoms with Crippen LogP contribution in [0.15, 0.2) is 42.6 Å². The van der Waals surface area contributed by atoms with Gasteiger partial charge in [0.25, 0.3) is 0 Å². The molecular formula is C15H17NO2. The fourth-order valence-electron chi connectivity index (χ4n) is 1.75. The van der Waals surface area contributed by atoms with Crippen molar-refractivity contribution in [3.8, 4) is 16.9 Å². The second-order valence-electron chi connectivity index (χ2n) is 4.34. The summed E-state index contributed by atoms with van der Waals surface area (Å²) in [7, 11) is 1.70. The van der Waals surface area contributed by atoms with Crippen LogP contribution in [0.5, 0.6) is 5.75 Å². The van der Waals surface area contributed by atoms with E-state index in [2.05, 4.69) is 4.98 Å². The Hall–Kier alpha value is -1.87. The molecule has 0 aliphatic rings. The zero-order chi connectivity index (χ0) is 13.0. The van der Waals surface area contributed by atoms with Gasteiger partial charge in [-0.2, -0.15) is 0 Å². The van der Waals surface area contributed by atoms with Gasteiger partial charge in [-0.15, -0.1) is 0 Å². The van der Waals surface area contributed by atoms with Crippen LogP contribution in [0.3, 0.4) is 0 Å². The van der Waals surface area contributed by atoms with Crippen molar-refractivity contribution in [2.45, 2.75) is 19.4 Å². The number of aromatic hydroxyl groups is 1. The largest absolute Gasteiger partial charge is 0.508 e. The third kappa shape index (κ3) is 3.08. The van der Waals surface area contributed by atoms with Crippen LogP contribution in [0, 0.1) is 0 Å². The van der Waals surface area contributed by atoms with Gasteiger partial charge in [0, 0.05) is 31.0 Å². The molecule has 1 N–H and O–H groups in total. The summed E-state index contributed by atoms with van der Waals surface area (Å²) in [5.74, 6) is 0.275. The van der Waals surface area contributed by atoms with E-state index >= 15 is 0 Å². The maximum absolute atomic E-state index is 9.24. The molecule has 0 aliphatic heterocycles. The average molecular weight is 243 g/mol.